The van der Waals surface area contributed by atoms with Crippen LogP contribution in [0.5, 0.6) is 0 Å². The van der Waals surface area contributed by atoms with E-state index in [1.165, 1.54) is 0 Å². The molecule has 8 atom stereocenters. The Balaban J connectivity index is 1.49. The zero-order chi connectivity index (χ0) is 32.7. The number of aliphatic hydroxyl groups excluding tert-OH is 1. The van der Waals surface area contributed by atoms with E-state index in [1.54, 1.807) is 24.2 Å². The molecule has 10 heteroatoms. The van der Waals surface area contributed by atoms with Crippen molar-refractivity contribution in [3.63, 3.8) is 0 Å². The second-order valence-electron chi connectivity index (χ2n) is 13.5. The lowest BCUT2D eigenvalue weighted by atomic mass is 9.75. The van der Waals surface area contributed by atoms with Crippen molar-refractivity contribution >= 4 is 17.7 Å². The summed E-state index contributed by atoms with van der Waals surface area (Å²) in [6.07, 6.45) is 10.4. The van der Waals surface area contributed by atoms with Crippen LogP contribution in [0.4, 0.5) is 4.79 Å². The Bertz CT molecular complexity index is 1280. The number of aryl methyl sites for hydroxylation is 1. The highest BCUT2D eigenvalue weighted by Crippen LogP contribution is 2.42. The minimum absolute atomic E-state index is 0.0379. The van der Waals surface area contributed by atoms with Crippen molar-refractivity contribution in [3.8, 4) is 11.3 Å². The van der Waals surface area contributed by atoms with Crippen molar-refractivity contribution in [2.75, 3.05) is 13.2 Å². The van der Waals surface area contributed by atoms with Crippen LogP contribution in [0.2, 0.25) is 0 Å². The number of carbonyl (C=O) groups is 3. The molecule has 2 aliphatic rings. The first-order valence-electron chi connectivity index (χ1n) is 16.7. The maximum absolute atomic E-state index is 13.9. The number of rotatable bonds is 9. The van der Waals surface area contributed by atoms with Gasteiger partial charge in [0.05, 0.1) is 36.9 Å². The molecule has 1 amide bonds. The summed E-state index contributed by atoms with van der Waals surface area (Å²) < 4.78 is 14.7. The Labute approximate surface area is 267 Å². The minimum Gasteiger partial charge on any atom is -0.438 e. The van der Waals surface area contributed by atoms with Gasteiger partial charge in [-0.15, -0.1) is 0 Å². The smallest absolute Gasteiger partial charge is 0.410 e. The van der Waals surface area contributed by atoms with Gasteiger partial charge in [0.2, 0.25) is 0 Å². The quantitative estimate of drug-likeness (QED) is 0.352. The summed E-state index contributed by atoms with van der Waals surface area (Å²) in [5.74, 6) is -0.876. The third-order valence-electron chi connectivity index (χ3n) is 10.0. The zero-order valence-electron chi connectivity index (χ0n) is 27.9. The van der Waals surface area contributed by atoms with Crippen molar-refractivity contribution in [1.29, 1.82) is 0 Å². The lowest BCUT2D eigenvalue weighted by Crippen LogP contribution is -2.58. The van der Waals surface area contributed by atoms with Gasteiger partial charge >= 0.3 is 6.09 Å². The van der Waals surface area contributed by atoms with E-state index in [0.29, 0.717) is 32.2 Å². The molecule has 2 saturated heterocycles. The molecule has 2 aromatic heterocycles. The summed E-state index contributed by atoms with van der Waals surface area (Å²) in [6.45, 7) is 12.5. The largest absolute Gasteiger partial charge is 0.438 e. The fourth-order valence-corrected chi connectivity index (χ4v) is 7.31. The molecule has 5 unspecified atom stereocenters. The monoisotopic (exact) mass is 624 g/mol. The van der Waals surface area contributed by atoms with Gasteiger partial charge in [-0.3, -0.25) is 14.6 Å². The predicted molar refractivity (Wildman–Crippen MR) is 171 cm³/mol. The first kappa shape index (κ1) is 34.8. The van der Waals surface area contributed by atoms with Crippen LogP contribution in [0.3, 0.4) is 0 Å². The van der Waals surface area contributed by atoms with E-state index in [9.17, 15) is 19.5 Å². The molecule has 2 aromatic rings. The number of pyridine rings is 1. The average molecular weight is 625 g/mol. The van der Waals surface area contributed by atoms with Crippen molar-refractivity contribution in [1.82, 2.24) is 19.4 Å². The standard InChI is InChI=1S/C35H52N4O6/c1-7-31-35(6)33(26(5)32(42)24(3)18-23(2)13-14-29(41)25(4)30(21-40)44-31)39(34(43)45-35)17-10-8-9-16-38-20-28(37-22-38)27-12-11-15-36-19-27/h11-12,15,19-20,22-26,30-31,33,40H,7-10,13-14,16-18,21H2,1-6H3/t23?,24-,25?,26?,30?,31-,33?,35-/m1/s1. The summed E-state index contributed by atoms with van der Waals surface area (Å²) in [6, 6.07) is 3.34. The third kappa shape index (κ3) is 8.01. The van der Waals surface area contributed by atoms with Crippen LogP contribution in [0.15, 0.2) is 37.1 Å². The van der Waals surface area contributed by atoms with Crippen LogP contribution < -0.4 is 0 Å². The number of hydrogen-bond acceptors (Lipinski definition) is 8. The van der Waals surface area contributed by atoms with Crippen LogP contribution in [0, 0.1) is 23.7 Å². The summed E-state index contributed by atoms with van der Waals surface area (Å²) in [5.41, 5.74) is 0.725. The number of nitrogens with zero attached hydrogens (tertiary/aromatic N) is 4. The van der Waals surface area contributed by atoms with Crippen LogP contribution in [-0.4, -0.2) is 79.2 Å². The van der Waals surface area contributed by atoms with Gasteiger partial charge in [0.1, 0.15) is 11.6 Å². The highest BCUT2D eigenvalue weighted by Gasteiger charge is 2.59. The number of ether oxygens (including phenoxy) is 2. The lowest BCUT2D eigenvalue weighted by Gasteiger charge is -2.42. The highest BCUT2D eigenvalue weighted by molar-refractivity contribution is 5.85. The number of fused-ring (bicyclic) bond motifs is 1. The van der Waals surface area contributed by atoms with Crippen molar-refractivity contribution < 1.29 is 29.0 Å². The number of imidazole rings is 1. The first-order valence-corrected chi connectivity index (χ1v) is 16.7. The molecule has 2 fully saturated rings. The molecule has 45 heavy (non-hydrogen) atoms. The second kappa shape index (κ2) is 15.5. The minimum atomic E-state index is -1.13. The molecule has 1 N–H and O–H groups in total. The molecule has 0 saturated carbocycles. The Hall–Kier alpha value is -3.11. The Morgan fingerprint density at radius 3 is 2.51 bits per heavy atom. The highest BCUT2D eigenvalue weighted by atomic mass is 16.6. The number of amides is 1. The van der Waals surface area contributed by atoms with Gasteiger partial charge in [0.15, 0.2) is 5.60 Å². The van der Waals surface area contributed by atoms with E-state index < -0.39 is 41.8 Å². The Morgan fingerprint density at radius 1 is 1.07 bits per heavy atom. The van der Waals surface area contributed by atoms with Gasteiger partial charge in [0, 0.05) is 61.4 Å². The number of aliphatic hydroxyl groups is 1. The van der Waals surface area contributed by atoms with Gasteiger partial charge in [-0.25, -0.2) is 9.78 Å². The molecule has 2 aliphatic heterocycles. The molecule has 0 radical (unpaired) electrons. The number of aromatic nitrogens is 3. The number of hydrogen-bond donors (Lipinski definition) is 1. The molecule has 10 nitrogen and oxygen atoms in total. The van der Waals surface area contributed by atoms with E-state index in [4.69, 9.17) is 9.47 Å². The van der Waals surface area contributed by atoms with Gasteiger partial charge in [0.25, 0.3) is 0 Å². The van der Waals surface area contributed by atoms with Gasteiger partial charge in [-0.2, -0.15) is 0 Å². The average Bonchev–Trinajstić information content (AvgIpc) is 3.61. The van der Waals surface area contributed by atoms with Crippen molar-refractivity contribution in [3.05, 3.63) is 37.1 Å². The molecule has 0 bridgehead atoms. The van der Waals surface area contributed by atoms with Crippen molar-refractivity contribution in [2.45, 2.75) is 117 Å². The normalized spacial score (nSPS) is 31.8. The van der Waals surface area contributed by atoms with Crippen LogP contribution in [0.25, 0.3) is 11.3 Å². The third-order valence-corrected chi connectivity index (χ3v) is 10.0. The van der Waals surface area contributed by atoms with Crippen LogP contribution >= 0.6 is 0 Å². The summed E-state index contributed by atoms with van der Waals surface area (Å²) >= 11 is 0. The molecule has 0 aromatic carbocycles. The fourth-order valence-electron chi connectivity index (χ4n) is 7.31. The predicted octanol–water partition coefficient (Wildman–Crippen LogP) is 5.72. The first-order chi connectivity index (χ1) is 21.5. The molecule has 0 aliphatic carbocycles. The Kier molecular flexibility index (Phi) is 11.9. The number of Topliss-reactive ketones (excluding diaryl/α,β-unsaturated/α-hetero) is 2. The number of carbonyl (C=O) groups excluding carboxylic acids is 3. The molecule has 4 heterocycles. The maximum Gasteiger partial charge on any atom is 0.410 e. The van der Waals surface area contributed by atoms with E-state index in [-0.39, 0.29) is 30.0 Å². The van der Waals surface area contributed by atoms with E-state index in [0.717, 1.165) is 37.1 Å². The van der Waals surface area contributed by atoms with Crippen molar-refractivity contribution in [2.24, 2.45) is 23.7 Å². The van der Waals surface area contributed by atoms with E-state index in [1.807, 2.05) is 52.4 Å². The van der Waals surface area contributed by atoms with Crippen LogP contribution in [0.1, 0.15) is 86.5 Å². The van der Waals surface area contributed by atoms with Crippen LogP contribution in [-0.2, 0) is 25.6 Å². The summed E-state index contributed by atoms with van der Waals surface area (Å²) in [5, 5.41) is 10.3. The number of ketones is 2. The molecule has 4 rings (SSSR count). The molecular formula is C35H52N4O6. The fraction of sp³-hybridized carbons (Fsp3) is 0.686. The second-order valence-corrected chi connectivity index (χ2v) is 13.5. The van der Waals surface area contributed by atoms with Gasteiger partial charge in [-0.05, 0) is 63.5 Å². The lowest BCUT2D eigenvalue weighted by molar-refractivity contribution is -0.161. The molecular weight excluding hydrogens is 572 g/mol. The topological polar surface area (TPSA) is 124 Å². The summed E-state index contributed by atoms with van der Waals surface area (Å²) in [4.78, 5) is 50.9. The SMILES string of the molecule is CC[C@H]1OC(CO)C(C)C(=O)CCC(C)C[C@@H](C)C(=O)C(C)C2N(CCCCCn3cnc(-c4cccnc4)c3)C(=O)O[C@@]21C. The summed E-state index contributed by atoms with van der Waals surface area (Å²) in [7, 11) is 0. The van der Waals surface area contributed by atoms with Gasteiger partial charge < -0.3 is 24.0 Å². The Morgan fingerprint density at radius 2 is 1.82 bits per heavy atom. The zero-order valence-corrected chi connectivity index (χ0v) is 27.9. The maximum atomic E-state index is 13.9. The number of unbranched alkanes of at least 4 members (excludes halogenated alkanes) is 2. The molecule has 248 valence electrons. The van der Waals surface area contributed by atoms with Gasteiger partial charge in [-0.1, -0.05) is 34.6 Å². The molecule has 0 spiro atoms. The van der Waals surface area contributed by atoms with E-state index >= 15 is 0 Å². The van der Waals surface area contributed by atoms with E-state index in [2.05, 4.69) is 21.5 Å².